The number of likely N-dealkylation sites (tertiary alicyclic amines) is 1. The minimum atomic E-state index is -0.389. The molecular formula is C19H24N5O3S+. The summed E-state index contributed by atoms with van der Waals surface area (Å²) < 4.78 is 1.49. The summed E-state index contributed by atoms with van der Waals surface area (Å²) in [5, 5.41) is 26.2. The molecule has 148 valence electrons. The molecule has 1 saturated heterocycles. The number of quaternary nitrogens is 1. The zero-order chi connectivity index (χ0) is 20.0. The lowest BCUT2D eigenvalue weighted by molar-refractivity contribution is -0.936. The van der Waals surface area contributed by atoms with E-state index in [0.29, 0.717) is 22.6 Å². The zero-order valence-electron chi connectivity index (χ0n) is 16.1. The highest BCUT2D eigenvalue weighted by molar-refractivity contribution is 7.17. The number of non-ortho nitro benzene ring substituents is 1. The van der Waals surface area contributed by atoms with Crippen molar-refractivity contribution >= 4 is 22.0 Å². The number of aromatic hydroxyl groups is 1. The lowest BCUT2D eigenvalue weighted by atomic mass is 9.89. The Bertz CT molecular complexity index is 1000. The molecule has 1 fully saturated rings. The van der Waals surface area contributed by atoms with E-state index in [1.165, 1.54) is 39.3 Å². The fraction of sp³-hybridized carbons (Fsp3) is 0.474. The van der Waals surface area contributed by atoms with Crippen LogP contribution in [0, 0.1) is 28.9 Å². The van der Waals surface area contributed by atoms with E-state index >= 15 is 0 Å². The Morgan fingerprint density at radius 1 is 1.29 bits per heavy atom. The number of aromatic nitrogens is 3. The van der Waals surface area contributed by atoms with Crippen molar-refractivity contribution in [1.29, 1.82) is 0 Å². The van der Waals surface area contributed by atoms with E-state index in [1.807, 2.05) is 0 Å². The number of hydrogen-bond acceptors (Lipinski definition) is 6. The monoisotopic (exact) mass is 402 g/mol. The first kappa shape index (κ1) is 18.8. The number of fused-ring (bicyclic) bond motifs is 1. The van der Waals surface area contributed by atoms with Crippen molar-refractivity contribution in [1.82, 2.24) is 14.6 Å². The van der Waals surface area contributed by atoms with Gasteiger partial charge in [-0.25, -0.2) is 4.98 Å². The Kier molecular flexibility index (Phi) is 4.80. The summed E-state index contributed by atoms with van der Waals surface area (Å²) in [6, 6.07) is 6.58. The molecule has 1 aliphatic rings. The number of aryl methyl sites for hydroxylation is 1. The van der Waals surface area contributed by atoms with Gasteiger partial charge in [-0.15, -0.1) is 5.10 Å². The molecule has 0 spiro atoms. The first-order chi connectivity index (χ1) is 13.3. The largest absolute Gasteiger partial charge is 0.492 e. The molecule has 9 heteroatoms. The number of nitrogens with zero attached hydrogens (tertiary/aromatic N) is 4. The third-order valence-corrected chi connectivity index (χ3v) is 6.52. The van der Waals surface area contributed by atoms with Crippen LogP contribution in [0.4, 0.5) is 5.69 Å². The van der Waals surface area contributed by atoms with Gasteiger partial charge >= 0.3 is 0 Å². The molecule has 0 bridgehead atoms. The Labute approximate surface area is 166 Å². The summed E-state index contributed by atoms with van der Waals surface area (Å²) in [5.41, 5.74) is 1.03. The Balaban J connectivity index is 1.81. The number of nitro benzene ring substituents is 1. The zero-order valence-corrected chi connectivity index (χ0v) is 16.9. The second-order valence-electron chi connectivity index (χ2n) is 7.94. The predicted molar refractivity (Wildman–Crippen MR) is 106 cm³/mol. The average Bonchev–Trinajstić information content (AvgIpc) is 3.13. The molecule has 4 rings (SSSR count). The topological polar surface area (TPSA) is 98.0 Å². The van der Waals surface area contributed by atoms with Gasteiger partial charge in [0.05, 0.1) is 18.0 Å². The molecule has 0 radical (unpaired) electrons. The highest BCUT2D eigenvalue weighted by atomic mass is 32.1. The van der Waals surface area contributed by atoms with Gasteiger partial charge in [0.25, 0.3) is 5.69 Å². The first-order valence-electron chi connectivity index (χ1n) is 9.47. The molecule has 0 aliphatic carbocycles. The van der Waals surface area contributed by atoms with Gasteiger partial charge in [0.15, 0.2) is 6.04 Å². The van der Waals surface area contributed by atoms with Crippen molar-refractivity contribution in [3.63, 3.8) is 0 Å². The summed E-state index contributed by atoms with van der Waals surface area (Å²) in [7, 11) is 0. The van der Waals surface area contributed by atoms with Crippen LogP contribution in [-0.4, -0.2) is 37.7 Å². The van der Waals surface area contributed by atoms with Gasteiger partial charge in [-0.2, -0.15) is 4.52 Å². The number of hydrogen-bond donors (Lipinski definition) is 2. The highest BCUT2D eigenvalue weighted by Crippen LogP contribution is 2.36. The molecule has 3 atom stereocenters. The molecule has 2 N–H and O–H groups in total. The molecule has 2 aromatic heterocycles. The molecule has 0 amide bonds. The fourth-order valence-corrected chi connectivity index (χ4v) is 5.65. The summed E-state index contributed by atoms with van der Waals surface area (Å²) in [6.45, 7) is 8.28. The van der Waals surface area contributed by atoms with Crippen LogP contribution in [0.15, 0.2) is 24.3 Å². The van der Waals surface area contributed by atoms with E-state index in [0.717, 1.165) is 23.5 Å². The van der Waals surface area contributed by atoms with Gasteiger partial charge in [-0.3, -0.25) is 10.1 Å². The van der Waals surface area contributed by atoms with Crippen molar-refractivity contribution in [2.45, 2.75) is 33.2 Å². The second kappa shape index (κ2) is 7.14. The predicted octanol–water partition coefficient (Wildman–Crippen LogP) is 2.36. The van der Waals surface area contributed by atoms with E-state index < -0.39 is 0 Å². The number of benzene rings is 1. The third-order valence-electron chi connectivity index (χ3n) is 5.44. The van der Waals surface area contributed by atoms with Crippen LogP contribution < -0.4 is 4.90 Å². The van der Waals surface area contributed by atoms with Gasteiger partial charge in [0.1, 0.15) is 10.7 Å². The van der Waals surface area contributed by atoms with Crippen molar-refractivity contribution in [2.24, 2.45) is 11.8 Å². The van der Waals surface area contributed by atoms with Gasteiger partial charge in [0, 0.05) is 29.5 Å². The van der Waals surface area contributed by atoms with Crippen molar-refractivity contribution in [2.75, 3.05) is 13.1 Å². The van der Waals surface area contributed by atoms with Crippen LogP contribution in [0.3, 0.4) is 0 Å². The van der Waals surface area contributed by atoms with E-state index in [4.69, 9.17) is 0 Å². The normalized spacial score (nSPS) is 23.8. The van der Waals surface area contributed by atoms with Crippen LogP contribution in [-0.2, 0) is 0 Å². The van der Waals surface area contributed by atoms with Crippen molar-refractivity contribution in [3.8, 4) is 5.88 Å². The van der Waals surface area contributed by atoms with Crippen LogP contribution in [0.1, 0.15) is 42.6 Å². The van der Waals surface area contributed by atoms with E-state index in [1.54, 1.807) is 19.1 Å². The van der Waals surface area contributed by atoms with Crippen LogP contribution >= 0.6 is 11.3 Å². The molecule has 0 unspecified atom stereocenters. The average molecular weight is 403 g/mol. The van der Waals surface area contributed by atoms with E-state index in [9.17, 15) is 15.2 Å². The molecule has 3 heterocycles. The minimum Gasteiger partial charge on any atom is -0.492 e. The van der Waals surface area contributed by atoms with E-state index in [2.05, 4.69) is 23.9 Å². The summed E-state index contributed by atoms with van der Waals surface area (Å²) in [4.78, 5) is 17.9. The third kappa shape index (κ3) is 3.35. The van der Waals surface area contributed by atoms with Crippen molar-refractivity contribution < 1.29 is 14.9 Å². The second-order valence-corrected chi connectivity index (χ2v) is 8.95. The summed E-state index contributed by atoms with van der Waals surface area (Å²) in [6.07, 6.45) is 1.19. The number of thiazole rings is 1. The fourth-order valence-electron chi connectivity index (χ4n) is 4.46. The Morgan fingerprint density at radius 3 is 2.50 bits per heavy atom. The number of piperidine rings is 1. The van der Waals surface area contributed by atoms with Gasteiger partial charge in [-0.1, -0.05) is 25.2 Å². The SMILES string of the molecule is Cc1nc2sc([C@@H](c3ccc([N+](=O)[O-])cc3)[NH+]3C[C@@H](C)C[C@H](C)C3)c(O)n2n1. The molecular weight excluding hydrogens is 378 g/mol. The van der Waals surface area contributed by atoms with Crippen LogP contribution in [0.5, 0.6) is 5.88 Å². The standard InChI is InChI=1S/C19H23N5O3S/c1-11-8-12(2)10-22(9-11)16(14-4-6-15(7-5-14)24(26)27)17-18(25)23-19(28-17)20-13(3)21-23/h4-7,11-12,16,25H,8-10H2,1-3H3/p+1/t11-,12-,16+/m0/s1. The molecule has 3 aromatic rings. The maximum Gasteiger partial charge on any atom is 0.269 e. The molecule has 1 aliphatic heterocycles. The summed E-state index contributed by atoms with van der Waals surface area (Å²) in [5.74, 6) is 1.88. The first-order valence-corrected chi connectivity index (χ1v) is 10.3. The Morgan fingerprint density at radius 2 is 1.93 bits per heavy atom. The number of nitrogens with one attached hydrogen (secondary N) is 1. The molecule has 28 heavy (non-hydrogen) atoms. The smallest absolute Gasteiger partial charge is 0.269 e. The molecule has 0 saturated carbocycles. The van der Waals surface area contributed by atoms with Crippen LogP contribution in [0.2, 0.25) is 0 Å². The number of rotatable bonds is 4. The van der Waals surface area contributed by atoms with E-state index in [-0.39, 0.29) is 22.5 Å². The maximum absolute atomic E-state index is 11.1. The quantitative estimate of drug-likeness (QED) is 0.516. The lowest BCUT2D eigenvalue weighted by Gasteiger charge is -2.36. The highest BCUT2D eigenvalue weighted by Gasteiger charge is 2.37. The summed E-state index contributed by atoms with van der Waals surface area (Å²) >= 11 is 1.44. The van der Waals surface area contributed by atoms with Crippen molar-refractivity contribution in [3.05, 3.63) is 50.6 Å². The maximum atomic E-state index is 11.1. The molecule has 1 aromatic carbocycles. The number of nitro groups is 1. The lowest BCUT2D eigenvalue weighted by Crippen LogP contribution is -3.14. The Hall–Kier alpha value is -2.52. The minimum absolute atomic E-state index is 0.0698. The van der Waals surface area contributed by atoms with Gasteiger partial charge in [-0.05, 0) is 25.5 Å². The van der Waals surface area contributed by atoms with Gasteiger partial charge < -0.3 is 10.0 Å². The molecule has 8 nitrogen and oxygen atoms in total. The van der Waals surface area contributed by atoms with Gasteiger partial charge in [0.2, 0.25) is 10.8 Å². The van der Waals surface area contributed by atoms with Crippen LogP contribution in [0.25, 0.3) is 4.96 Å².